The molecule has 0 spiro atoms. The maximum Gasteiger partial charge on any atom is 0.245 e. The number of hydrogen-bond acceptors (Lipinski definition) is 4. The number of hydrogen-bond donors (Lipinski definition) is 2. The van der Waals surface area contributed by atoms with E-state index in [4.69, 9.17) is 4.74 Å². The molecule has 2 N–H and O–H groups in total. The van der Waals surface area contributed by atoms with Crippen LogP contribution >= 0.6 is 15.9 Å². The van der Waals surface area contributed by atoms with Gasteiger partial charge in [0.25, 0.3) is 0 Å². The molecule has 0 radical (unpaired) electrons. The van der Waals surface area contributed by atoms with E-state index in [-0.39, 0.29) is 18.0 Å². The van der Waals surface area contributed by atoms with Crippen molar-refractivity contribution in [3.63, 3.8) is 0 Å². The summed E-state index contributed by atoms with van der Waals surface area (Å²) in [6, 6.07) is 7.40. The first-order valence-corrected chi connectivity index (χ1v) is 9.03. The van der Waals surface area contributed by atoms with E-state index in [1.165, 1.54) is 0 Å². The van der Waals surface area contributed by atoms with Crippen LogP contribution in [0, 0.1) is 25.7 Å². The Morgan fingerprint density at radius 1 is 1.35 bits per heavy atom. The van der Waals surface area contributed by atoms with Gasteiger partial charge in [0.1, 0.15) is 17.3 Å². The Balaban J connectivity index is 1.86. The van der Waals surface area contributed by atoms with Gasteiger partial charge in [0.15, 0.2) is 0 Å². The Morgan fingerprint density at radius 2 is 2.13 bits per heavy atom. The van der Waals surface area contributed by atoms with Gasteiger partial charge < -0.3 is 4.74 Å². The van der Waals surface area contributed by atoms with Crippen LogP contribution in [0.3, 0.4) is 0 Å². The first kappa shape index (κ1) is 17.5. The number of halogens is 1. The lowest BCUT2D eigenvalue weighted by Crippen LogP contribution is -2.25. The van der Waals surface area contributed by atoms with E-state index in [2.05, 4.69) is 42.7 Å². The van der Waals surface area contributed by atoms with Gasteiger partial charge in [-0.15, -0.1) is 0 Å². The first-order valence-electron chi connectivity index (χ1n) is 6.75. The van der Waals surface area contributed by atoms with Crippen molar-refractivity contribution in [2.75, 3.05) is 13.2 Å². The van der Waals surface area contributed by atoms with Crippen LogP contribution in [0.5, 0.6) is 5.75 Å². The summed E-state index contributed by atoms with van der Waals surface area (Å²) in [6.07, 6.45) is 0. The van der Waals surface area contributed by atoms with E-state index in [1.807, 2.05) is 24.3 Å². The molecule has 0 aliphatic heterocycles. The van der Waals surface area contributed by atoms with Crippen LogP contribution in [-0.2, 0) is 10.0 Å². The van der Waals surface area contributed by atoms with Crippen molar-refractivity contribution in [2.24, 2.45) is 0 Å². The average Bonchev–Trinajstić information content (AvgIpc) is 2.82. The highest BCUT2D eigenvalue weighted by molar-refractivity contribution is 9.10. The molecule has 1 heterocycles. The number of aromatic amines is 1. The molecule has 1 aromatic carbocycles. The average molecular weight is 398 g/mol. The normalized spacial score (nSPS) is 10.9. The predicted molar refractivity (Wildman–Crippen MR) is 90.7 cm³/mol. The van der Waals surface area contributed by atoms with Gasteiger partial charge in [-0.2, -0.15) is 9.82 Å². The smallest absolute Gasteiger partial charge is 0.245 e. The van der Waals surface area contributed by atoms with Gasteiger partial charge in [-0.05, 0) is 32.0 Å². The van der Waals surface area contributed by atoms with Crippen molar-refractivity contribution >= 4 is 26.0 Å². The molecule has 1 aromatic heterocycles. The number of benzene rings is 1. The number of rotatable bonds is 5. The molecule has 0 bridgehead atoms. The summed E-state index contributed by atoms with van der Waals surface area (Å²) in [4.78, 5) is 0.171. The largest absolute Gasteiger partial charge is 0.481 e. The van der Waals surface area contributed by atoms with Crippen molar-refractivity contribution < 1.29 is 13.2 Å². The van der Waals surface area contributed by atoms with E-state index in [1.54, 1.807) is 13.8 Å². The molecule has 0 amide bonds. The number of H-pyrrole nitrogens is 1. The highest BCUT2D eigenvalue weighted by Crippen LogP contribution is 2.17. The Labute approximate surface area is 143 Å². The van der Waals surface area contributed by atoms with Crippen LogP contribution in [0.2, 0.25) is 0 Å². The number of sulfonamides is 1. The molecule has 2 aromatic rings. The van der Waals surface area contributed by atoms with Crippen LogP contribution in [0.4, 0.5) is 0 Å². The molecular formula is C15H16BrN3O3S. The second-order valence-electron chi connectivity index (χ2n) is 4.69. The van der Waals surface area contributed by atoms with E-state index >= 15 is 0 Å². The maximum atomic E-state index is 12.2. The van der Waals surface area contributed by atoms with Gasteiger partial charge >= 0.3 is 0 Å². The molecule has 0 aliphatic rings. The summed E-state index contributed by atoms with van der Waals surface area (Å²) in [7, 11) is -3.62. The number of aryl methyl sites for hydroxylation is 2. The van der Waals surface area contributed by atoms with Gasteiger partial charge in [0.2, 0.25) is 10.0 Å². The quantitative estimate of drug-likeness (QED) is 0.756. The fourth-order valence-electron chi connectivity index (χ4n) is 1.93. The van der Waals surface area contributed by atoms with Crippen LogP contribution in [0.25, 0.3) is 0 Å². The SMILES string of the molecule is Cc1n[nH]c(C)c1S(=O)(=O)NCC#CCOc1cccc(Br)c1. The third-order valence-electron chi connectivity index (χ3n) is 2.91. The minimum absolute atomic E-state index is 0.00817. The van der Waals surface area contributed by atoms with E-state index in [9.17, 15) is 8.42 Å². The molecule has 0 saturated heterocycles. The van der Waals surface area contributed by atoms with Crippen molar-refractivity contribution in [1.82, 2.24) is 14.9 Å². The molecule has 8 heteroatoms. The minimum atomic E-state index is -3.62. The first-order chi connectivity index (χ1) is 10.9. The van der Waals surface area contributed by atoms with Crippen LogP contribution in [0.15, 0.2) is 33.6 Å². The fourth-order valence-corrected chi connectivity index (χ4v) is 3.60. The van der Waals surface area contributed by atoms with Crippen LogP contribution < -0.4 is 9.46 Å². The van der Waals surface area contributed by atoms with Gasteiger partial charge in [0.05, 0.1) is 17.9 Å². The van der Waals surface area contributed by atoms with Crippen molar-refractivity contribution in [1.29, 1.82) is 0 Å². The lowest BCUT2D eigenvalue weighted by Gasteiger charge is -2.03. The molecule has 2 rings (SSSR count). The van der Waals surface area contributed by atoms with Crippen molar-refractivity contribution in [3.05, 3.63) is 40.1 Å². The summed E-state index contributed by atoms with van der Waals surface area (Å²) in [6.45, 7) is 3.48. The standard InChI is InChI=1S/C15H16BrN3O3S/c1-11-15(12(2)19-18-11)23(20,21)17-8-3-4-9-22-14-7-5-6-13(16)10-14/h5-7,10,17H,8-9H2,1-2H3,(H,18,19). The monoisotopic (exact) mass is 397 g/mol. The zero-order valence-corrected chi connectivity index (χ0v) is 15.1. The third-order valence-corrected chi connectivity index (χ3v) is 5.07. The summed E-state index contributed by atoms with van der Waals surface area (Å²) < 4.78 is 33.1. The molecule has 122 valence electrons. The summed E-state index contributed by atoms with van der Waals surface area (Å²) >= 11 is 3.35. The molecule has 0 aliphatic carbocycles. The van der Waals surface area contributed by atoms with Crippen molar-refractivity contribution in [2.45, 2.75) is 18.7 Å². The molecule has 0 unspecified atom stereocenters. The Morgan fingerprint density at radius 3 is 2.78 bits per heavy atom. The molecule has 0 fully saturated rings. The van der Waals surface area contributed by atoms with Crippen molar-refractivity contribution in [3.8, 4) is 17.6 Å². The van der Waals surface area contributed by atoms with E-state index < -0.39 is 10.0 Å². The summed E-state index contributed by atoms with van der Waals surface area (Å²) in [5.74, 6) is 6.18. The van der Waals surface area contributed by atoms with Crippen LogP contribution in [0.1, 0.15) is 11.4 Å². The predicted octanol–water partition coefficient (Wildman–Crippen LogP) is 2.15. The van der Waals surface area contributed by atoms with Crippen LogP contribution in [-0.4, -0.2) is 31.8 Å². The van der Waals surface area contributed by atoms with Gasteiger partial charge in [-0.3, -0.25) is 5.10 Å². The number of aromatic nitrogens is 2. The highest BCUT2D eigenvalue weighted by atomic mass is 79.9. The zero-order chi connectivity index (χ0) is 16.9. The minimum Gasteiger partial charge on any atom is -0.481 e. The van der Waals surface area contributed by atoms with E-state index in [0.29, 0.717) is 17.1 Å². The lowest BCUT2D eigenvalue weighted by atomic mass is 10.3. The Bertz CT molecular complexity index is 831. The second-order valence-corrected chi connectivity index (χ2v) is 7.31. The summed E-state index contributed by atoms with van der Waals surface area (Å²) in [5.41, 5.74) is 0.932. The number of ether oxygens (including phenoxy) is 1. The lowest BCUT2D eigenvalue weighted by molar-refractivity contribution is 0.370. The molecule has 23 heavy (non-hydrogen) atoms. The fraction of sp³-hybridized carbons (Fsp3) is 0.267. The Hall–Kier alpha value is -1.82. The maximum absolute atomic E-state index is 12.2. The van der Waals surface area contributed by atoms with Gasteiger partial charge in [-0.1, -0.05) is 33.8 Å². The van der Waals surface area contributed by atoms with Gasteiger partial charge in [0, 0.05) is 4.47 Å². The van der Waals surface area contributed by atoms with E-state index in [0.717, 1.165) is 4.47 Å². The summed E-state index contributed by atoms with van der Waals surface area (Å²) in [5, 5.41) is 6.52. The second kappa shape index (κ2) is 7.64. The topological polar surface area (TPSA) is 84.1 Å². The number of nitrogens with zero attached hydrogens (tertiary/aromatic N) is 1. The number of nitrogens with one attached hydrogen (secondary N) is 2. The highest BCUT2D eigenvalue weighted by Gasteiger charge is 2.21. The Kier molecular flexibility index (Phi) is 5.82. The zero-order valence-electron chi connectivity index (χ0n) is 12.7. The molecule has 6 nitrogen and oxygen atoms in total. The molecule has 0 saturated carbocycles. The third kappa shape index (κ3) is 4.82. The molecular weight excluding hydrogens is 382 g/mol. The van der Waals surface area contributed by atoms with Gasteiger partial charge in [-0.25, -0.2) is 8.42 Å². The molecule has 0 atom stereocenters.